The van der Waals surface area contributed by atoms with E-state index < -0.39 is 6.10 Å². The summed E-state index contributed by atoms with van der Waals surface area (Å²) in [6.07, 6.45) is 0.562. The lowest BCUT2D eigenvalue weighted by Gasteiger charge is -2.27. The molecule has 0 amide bonds. The highest BCUT2D eigenvalue weighted by Crippen LogP contribution is 2.38. The molecule has 6 heteroatoms. The standard InChI is InChI=1S/C22H29NO5/c1-25-20-10-16(11-21(26-2)22(20)27-3)14-28-15-19(24)13-23-9-8-17-6-4-5-7-18(17)12-23/h4-7,10-11,19,24H,8-9,12-15H2,1-3H3/p+1/t19-/m0/s1. The number of hydrogen-bond acceptors (Lipinski definition) is 5. The van der Waals surface area contributed by atoms with Gasteiger partial charge in [0, 0.05) is 12.0 Å². The lowest BCUT2D eigenvalue weighted by atomic mass is 10.00. The molecule has 2 N–H and O–H groups in total. The van der Waals surface area contributed by atoms with E-state index in [1.165, 1.54) is 16.0 Å². The summed E-state index contributed by atoms with van der Waals surface area (Å²) >= 11 is 0. The first kappa shape index (κ1) is 20.5. The van der Waals surface area contributed by atoms with Gasteiger partial charge in [0.05, 0.1) is 41.1 Å². The molecule has 0 fully saturated rings. The van der Waals surface area contributed by atoms with Crippen LogP contribution in [-0.2, 0) is 24.3 Å². The van der Waals surface area contributed by atoms with Crippen molar-refractivity contribution in [3.05, 3.63) is 53.1 Å². The molecule has 28 heavy (non-hydrogen) atoms. The van der Waals surface area contributed by atoms with E-state index in [-0.39, 0.29) is 0 Å². The average Bonchev–Trinajstić information content (AvgIpc) is 2.72. The molecule has 1 unspecified atom stereocenters. The van der Waals surface area contributed by atoms with Gasteiger partial charge in [-0.1, -0.05) is 24.3 Å². The normalized spacial score (nSPS) is 16.9. The van der Waals surface area contributed by atoms with Crippen LogP contribution in [0.4, 0.5) is 0 Å². The fourth-order valence-corrected chi connectivity index (χ4v) is 3.74. The van der Waals surface area contributed by atoms with Crippen LogP contribution < -0.4 is 19.1 Å². The van der Waals surface area contributed by atoms with E-state index in [1.807, 2.05) is 12.1 Å². The third-order valence-corrected chi connectivity index (χ3v) is 5.13. The molecule has 0 aliphatic carbocycles. The molecule has 1 aliphatic heterocycles. The fourth-order valence-electron chi connectivity index (χ4n) is 3.74. The van der Waals surface area contributed by atoms with Gasteiger partial charge in [-0.25, -0.2) is 0 Å². The molecule has 0 radical (unpaired) electrons. The first-order chi connectivity index (χ1) is 13.6. The molecule has 2 atom stereocenters. The summed E-state index contributed by atoms with van der Waals surface area (Å²) in [6.45, 7) is 3.35. The molecule has 1 heterocycles. The quantitative estimate of drug-likeness (QED) is 0.677. The van der Waals surface area contributed by atoms with E-state index in [0.29, 0.717) is 37.0 Å². The van der Waals surface area contributed by atoms with Gasteiger partial charge in [-0.2, -0.15) is 0 Å². The number of aliphatic hydroxyl groups excluding tert-OH is 1. The predicted octanol–water partition coefficient (Wildman–Crippen LogP) is 1.23. The second-order valence-corrected chi connectivity index (χ2v) is 7.10. The van der Waals surface area contributed by atoms with Crippen LogP contribution in [0.3, 0.4) is 0 Å². The van der Waals surface area contributed by atoms with Crippen molar-refractivity contribution in [3.63, 3.8) is 0 Å². The molecular weight excluding hydrogens is 358 g/mol. The van der Waals surface area contributed by atoms with Crippen molar-refractivity contribution in [1.82, 2.24) is 0 Å². The van der Waals surface area contributed by atoms with Crippen molar-refractivity contribution < 1.29 is 29.0 Å². The molecule has 2 aromatic rings. The van der Waals surface area contributed by atoms with Crippen LogP contribution in [0.5, 0.6) is 17.2 Å². The Hall–Kier alpha value is -2.28. The Kier molecular flexibility index (Phi) is 7.14. The predicted molar refractivity (Wildman–Crippen MR) is 106 cm³/mol. The third-order valence-electron chi connectivity index (χ3n) is 5.13. The van der Waals surface area contributed by atoms with Crippen molar-refractivity contribution in [2.24, 2.45) is 0 Å². The van der Waals surface area contributed by atoms with Gasteiger partial charge in [-0.15, -0.1) is 0 Å². The summed E-state index contributed by atoms with van der Waals surface area (Å²) in [5, 5.41) is 10.4. The minimum atomic E-state index is -0.498. The number of hydrogen-bond donors (Lipinski definition) is 2. The van der Waals surface area contributed by atoms with Gasteiger partial charge in [0.2, 0.25) is 5.75 Å². The van der Waals surface area contributed by atoms with Gasteiger partial charge in [0.1, 0.15) is 19.2 Å². The maximum atomic E-state index is 10.4. The zero-order valence-electron chi connectivity index (χ0n) is 16.9. The number of quaternary nitrogens is 1. The van der Waals surface area contributed by atoms with Crippen molar-refractivity contribution in [2.45, 2.75) is 25.7 Å². The van der Waals surface area contributed by atoms with Gasteiger partial charge < -0.3 is 29.0 Å². The van der Waals surface area contributed by atoms with E-state index in [0.717, 1.165) is 25.1 Å². The van der Waals surface area contributed by atoms with E-state index in [4.69, 9.17) is 18.9 Å². The molecule has 0 aromatic heterocycles. The van der Waals surface area contributed by atoms with Gasteiger partial charge in [-0.3, -0.25) is 0 Å². The van der Waals surface area contributed by atoms with Crippen molar-refractivity contribution >= 4 is 0 Å². The fraction of sp³-hybridized carbons (Fsp3) is 0.455. The lowest BCUT2D eigenvalue weighted by Crippen LogP contribution is -3.12. The monoisotopic (exact) mass is 388 g/mol. The maximum Gasteiger partial charge on any atom is 0.203 e. The molecule has 1 aliphatic rings. The lowest BCUT2D eigenvalue weighted by molar-refractivity contribution is -0.919. The zero-order chi connectivity index (χ0) is 19.9. The Labute approximate surface area is 166 Å². The number of methoxy groups -OCH3 is 3. The van der Waals surface area contributed by atoms with Crippen LogP contribution in [0.25, 0.3) is 0 Å². The summed E-state index contributed by atoms with van der Waals surface area (Å²) < 4.78 is 21.8. The summed E-state index contributed by atoms with van der Waals surface area (Å²) in [7, 11) is 4.75. The summed E-state index contributed by atoms with van der Waals surface area (Å²) in [4.78, 5) is 1.39. The van der Waals surface area contributed by atoms with Crippen molar-refractivity contribution in [2.75, 3.05) is 41.0 Å². The van der Waals surface area contributed by atoms with E-state index in [9.17, 15) is 5.11 Å². The number of benzene rings is 2. The Morgan fingerprint density at radius 2 is 1.68 bits per heavy atom. The van der Waals surface area contributed by atoms with Gasteiger partial charge in [-0.05, 0) is 23.3 Å². The molecule has 0 spiro atoms. The van der Waals surface area contributed by atoms with Crippen LogP contribution in [0.1, 0.15) is 16.7 Å². The number of aliphatic hydroxyl groups is 1. The van der Waals surface area contributed by atoms with Crippen molar-refractivity contribution in [1.29, 1.82) is 0 Å². The number of ether oxygens (including phenoxy) is 4. The molecule has 0 saturated heterocycles. The summed E-state index contributed by atoms with van der Waals surface area (Å²) in [5.74, 6) is 1.75. The Morgan fingerprint density at radius 3 is 2.32 bits per heavy atom. The number of nitrogens with one attached hydrogen (secondary N) is 1. The van der Waals surface area contributed by atoms with E-state index in [2.05, 4.69) is 24.3 Å². The van der Waals surface area contributed by atoms with Crippen LogP contribution in [0.15, 0.2) is 36.4 Å². The van der Waals surface area contributed by atoms with Crippen LogP contribution >= 0.6 is 0 Å². The minimum Gasteiger partial charge on any atom is -0.493 e. The van der Waals surface area contributed by atoms with Gasteiger partial charge in [0.25, 0.3) is 0 Å². The Balaban J connectivity index is 1.50. The molecule has 152 valence electrons. The number of rotatable bonds is 9. The van der Waals surface area contributed by atoms with E-state index >= 15 is 0 Å². The van der Waals surface area contributed by atoms with E-state index in [1.54, 1.807) is 21.3 Å². The highest BCUT2D eigenvalue weighted by molar-refractivity contribution is 5.53. The maximum absolute atomic E-state index is 10.4. The number of fused-ring (bicyclic) bond motifs is 1. The molecule has 2 aromatic carbocycles. The highest BCUT2D eigenvalue weighted by Gasteiger charge is 2.22. The minimum absolute atomic E-state index is 0.293. The smallest absolute Gasteiger partial charge is 0.203 e. The average molecular weight is 388 g/mol. The molecule has 0 bridgehead atoms. The van der Waals surface area contributed by atoms with Crippen LogP contribution in [0, 0.1) is 0 Å². The molecular formula is C22H30NO5+. The van der Waals surface area contributed by atoms with Crippen LogP contribution in [-0.4, -0.2) is 52.2 Å². The largest absolute Gasteiger partial charge is 0.493 e. The zero-order valence-corrected chi connectivity index (χ0v) is 16.9. The first-order valence-corrected chi connectivity index (χ1v) is 9.59. The Morgan fingerprint density at radius 1 is 1.00 bits per heavy atom. The van der Waals surface area contributed by atoms with Gasteiger partial charge in [0.15, 0.2) is 11.5 Å². The SMILES string of the molecule is COc1cc(COC[C@@H](O)C[NH+]2CCc3ccccc3C2)cc(OC)c1OC. The highest BCUT2D eigenvalue weighted by atomic mass is 16.5. The topological polar surface area (TPSA) is 61.6 Å². The summed E-state index contributed by atoms with van der Waals surface area (Å²) in [5.41, 5.74) is 3.72. The molecule has 3 rings (SSSR count). The molecule has 0 saturated carbocycles. The molecule has 6 nitrogen and oxygen atoms in total. The Bertz CT molecular complexity index is 754. The third kappa shape index (κ3) is 4.95. The van der Waals surface area contributed by atoms with Crippen LogP contribution in [0.2, 0.25) is 0 Å². The first-order valence-electron chi connectivity index (χ1n) is 9.59. The summed E-state index contributed by atoms with van der Waals surface area (Å²) in [6, 6.07) is 12.3. The van der Waals surface area contributed by atoms with Crippen molar-refractivity contribution in [3.8, 4) is 17.2 Å². The van der Waals surface area contributed by atoms with Gasteiger partial charge >= 0.3 is 0 Å². The second kappa shape index (κ2) is 9.78. The second-order valence-electron chi connectivity index (χ2n) is 7.10.